The number of hydrogen-bond acceptors (Lipinski definition) is 6. The Bertz CT molecular complexity index is 446. The van der Waals surface area contributed by atoms with Crippen LogP contribution < -0.4 is 16.0 Å². The molecular formula is C14H23N3O4S. The van der Waals surface area contributed by atoms with Crippen molar-refractivity contribution in [1.82, 2.24) is 16.0 Å². The van der Waals surface area contributed by atoms with E-state index < -0.39 is 11.9 Å². The van der Waals surface area contributed by atoms with E-state index in [1.807, 2.05) is 11.8 Å². The Hall–Kier alpha value is -1.28. The molecule has 2 fully saturated rings. The minimum absolute atomic E-state index is 0.100. The maximum absolute atomic E-state index is 12.0. The maximum Gasteiger partial charge on any atom is 0.316 e. The van der Waals surface area contributed by atoms with Gasteiger partial charge in [-0.15, -0.1) is 0 Å². The third-order valence-corrected chi connectivity index (χ3v) is 5.65. The number of urea groups is 1. The molecule has 124 valence electrons. The van der Waals surface area contributed by atoms with Crippen LogP contribution in [0.15, 0.2) is 0 Å². The van der Waals surface area contributed by atoms with E-state index in [4.69, 9.17) is 4.74 Å². The summed E-state index contributed by atoms with van der Waals surface area (Å²) >= 11 is 1.83. The number of fused-ring (bicyclic) bond motifs is 1. The second-order valence-corrected chi connectivity index (χ2v) is 6.90. The summed E-state index contributed by atoms with van der Waals surface area (Å²) in [5.74, 6) is -0.390. The molecule has 2 rings (SSSR count). The van der Waals surface area contributed by atoms with Crippen molar-refractivity contribution >= 4 is 29.5 Å². The van der Waals surface area contributed by atoms with Crippen LogP contribution in [0.2, 0.25) is 0 Å². The highest BCUT2D eigenvalue weighted by Gasteiger charge is 2.42. The maximum atomic E-state index is 12.0. The van der Waals surface area contributed by atoms with E-state index in [0.717, 1.165) is 18.6 Å². The molecule has 0 aromatic carbocycles. The van der Waals surface area contributed by atoms with E-state index in [1.165, 1.54) is 7.11 Å². The van der Waals surface area contributed by atoms with Crippen molar-refractivity contribution in [3.8, 4) is 0 Å². The highest BCUT2D eigenvalue weighted by atomic mass is 32.2. The summed E-state index contributed by atoms with van der Waals surface area (Å²) in [7, 11) is 2.98. The molecule has 2 saturated heterocycles. The number of esters is 1. The van der Waals surface area contributed by atoms with Crippen LogP contribution in [0.4, 0.5) is 4.79 Å². The van der Waals surface area contributed by atoms with Gasteiger partial charge in [-0.3, -0.25) is 9.59 Å². The first-order valence-electron chi connectivity index (χ1n) is 7.50. The van der Waals surface area contributed by atoms with Gasteiger partial charge in [-0.1, -0.05) is 6.42 Å². The van der Waals surface area contributed by atoms with Gasteiger partial charge in [0.25, 0.3) is 0 Å². The zero-order chi connectivity index (χ0) is 16.1. The van der Waals surface area contributed by atoms with Gasteiger partial charge in [0.2, 0.25) is 0 Å². The minimum Gasteiger partial charge on any atom is -0.468 e. The molecule has 0 saturated carbocycles. The zero-order valence-electron chi connectivity index (χ0n) is 12.9. The lowest BCUT2D eigenvalue weighted by Gasteiger charge is -2.18. The molecule has 4 atom stereocenters. The number of Topliss-reactive ketones (excluding diaryl/α,β-unsaturated/α-hetero) is 1. The summed E-state index contributed by atoms with van der Waals surface area (Å²) in [6, 6.07) is 0.254. The number of hydrogen-bond donors (Lipinski definition) is 3. The summed E-state index contributed by atoms with van der Waals surface area (Å²) < 4.78 is 4.73. The molecule has 0 aromatic rings. The van der Waals surface area contributed by atoms with E-state index >= 15 is 0 Å². The number of rotatable bonds is 8. The Morgan fingerprint density at radius 3 is 2.91 bits per heavy atom. The molecule has 2 amide bonds. The fourth-order valence-corrected chi connectivity index (χ4v) is 4.56. The average Bonchev–Trinajstić information content (AvgIpc) is 3.02. The van der Waals surface area contributed by atoms with Gasteiger partial charge in [0.1, 0.15) is 5.92 Å². The number of thioether (sulfide) groups is 1. The van der Waals surface area contributed by atoms with Gasteiger partial charge < -0.3 is 20.7 Å². The SMILES string of the molecule is CNCC(=O)C(CCC[C@@H]1SC[C@@H]2NC(=O)N[C@@H]21)C(=O)OC. The van der Waals surface area contributed by atoms with Crippen LogP contribution in [0.1, 0.15) is 19.3 Å². The summed E-state index contributed by atoms with van der Waals surface area (Å²) in [6.07, 6.45) is 2.11. The van der Waals surface area contributed by atoms with E-state index in [2.05, 4.69) is 16.0 Å². The molecule has 3 N–H and O–H groups in total. The first kappa shape index (κ1) is 17.1. The van der Waals surface area contributed by atoms with Crippen LogP contribution in [0.3, 0.4) is 0 Å². The highest BCUT2D eigenvalue weighted by Crippen LogP contribution is 2.33. The van der Waals surface area contributed by atoms with Crippen molar-refractivity contribution in [2.24, 2.45) is 5.92 Å². The molecule has 0 spiro atoms. The summed E-state index contributed by atoms with van der Waals surface area (Å²) in [5.41, 5.74) is 0. The molecule has 0 aromatic heterocycles. The smallest absolute Gasteiger partial charge is 0.316 e. The van der Waals surface area contributed by atoms with Crippen molar-refractivity contribution in [2.75, 3.05) is 26.5 Å². The molecule has 0 bridgehead atoms. The molecule has 0 radical (unpaired) electrons. The van der Waals surface area contributed by atoms with E-state index in [9.17, 15) is 14.4 Å². The molecule has 7 nitrogen and oxygen atoms in total. The molecule has 1 unspecified atom stereocenters. The lowest BCUT2D eigenvalue weighted by molar-refractivity contribution is -0.149. The number of nitrogens with one attached hydrogen (secondary N) is 3. The highest BCUT2D eigenvalue weighted by molar-refractivity contribution is 8.00. The van der Waals surface area contributed by atoms with Crippen LogP contribution in [-0.2, 0) is 14.3 Å². The van der Waals surface area contributed by atoms with Gasteiger partial charge in [0, 0.05) is 11.0 Å². The Kier molecular flexibility index (Phi) is 6.07. The fourth-order valence-electron chi connectivity index (χ4n) is 3.02. The topological polar surface area (TPSA) is 96.5 Å². The Labute approximate surface area is 134 Å². The summed E-state index contributed by atoms with van der Waals surface area (Å²) in [6.45, 7) is 0.169. The number of carbonyl (C=O) groups is 3. The van der Waals surface area contributed by atoms with Crippen LogP contribution in [0.5, 0.6) is 0 Å². The van der Waals surface area contributed by atoms with Gasteiger partial charge in [0.05, 0.1) is 25.7 Å². The van der Waals surface area contributed by atoms with Gasteiger partial charge in [0.15, 0.2) is 5.78 Å². The Morgan fingerprint density at radius 2 is 2.23 bits per heavy atom. The molecule has 22 heavy (non-hydrogen) atoms. The van der Waals surface area contributed by atoms with Crippen molar-refractivity contribution < 1.29 is 19.1 Å². The van der Waals surface area contributed by atoms with E-state index in [-0.39, 0.29) is 30.4 Å². The monoisotopic (exact) mass is 329 g/mol. The third kappa shape index (κ3) is 3.92. The lowest BCUT2D eigenvalue weighted by atomic mass is 9.95. The number of amides is 2. The van der Waals surface area contributed by atoms with E-state index in [0.29, 0.717) is 11.7 Å². The fraction of sp³-hybridized carbons (Fsp3) is 0.786. The standard InChI is InChI=1S/C14H23N3O4S/c1-15-6-10(18)8(13(19)21-2)4-3-5-11-12-9(7-22-11)16-14(20)17-12/h8-9,11-12,15H,3-7H2,1-2H3,(H2,16,17,20)/t8?,9-,11-,12-/m0/s1. The number of ether oxygens (including phenoxy) is 1. The van der Waals surface area contributed by atoms with Crippen molar-refractivity contribution in [1.29, 1.82) is 0 Å². The molecule has 2 aliphatic rings. The normalized spacial score (nSPS) is 27.7. The van der Waals surface area contributed by atoms with Crippen LogP contribution in [0, 0.1) is 5.92 Å². The Morgan fingerprint density at radius 1 is 1.45 bits per heavy atom. The zero-order valence-corrected chi connectivity index (χ0v) is 13.7. The Balaban J connectivity index is 1.81. The van der Waals surface area contributed by atoms with Gasteiger partial charge in [-0.25, -0.2) is 4.79 Å². The van der Waals surface area contributed by atoms with Gasteiger partial charge >= 0.3 is 12.0 Å². The van der Waals surface area contributed by atoms with Crippen molar-refractivity contribution in [3.05, 3.63) is 0 Å². The predicted molar refractivity (Wildman–Crippen MR) is 83.8 cm³/mol. The van der Waals surface area contributed by atoms with Crippen LogP contribution in [0.25, 0.3) is 0 Å². The number of methoxy groups -OCH3 is 1. The third-order valence-electron chi connectivity index (χ3n) is 4.14. The second kappa shape index (κ2) is 7.82. The predicted octanol–water partition coefficient (Wildman–Crippen LogP) is -0.100. The number of carbonyl (C=O) groups excluding carboxylic acids is 3. The largest absolute Gasteiger partial charge is 0.468 e. The van der Waals surface area contributed by atoms with Gasteiger partial charge in [-0.05, 0) is 19.9 Å². The summed E-state index contributed by atoms with van der Waals surface area (Å²) in [4.78, 5) is 35.0. The second-order valence-electron chi connectivity index (χ2n) is 5.63. The quantitative estimate of drug-likeness (QED) is 0.327. The number of likely N-dealkylation sites (N-methyl/N-ethyl adjacent to an activating group) is 1. The van der Waals surface area contributed by atoms with E-state index in [1.54, 1.807) is 7.05 Å². The summed E-state index contributed by atoms with van der Waals surface area (Å²) in [5, 5.41) is 8.95. The first-order valence-corrected chi connectivity index (χ1v) is 8.55. The minimum atomic E-state index is -0.698. The molecule has 0 aliphatic carbocycles. The van der Waals surface area contributed by atoms with Crippen molar-refractivity contribution in [2.45, 2.75) is 36.6 Å². The van der Waals surface area contributed by atoms with Crippen LogP contribution >= 0.6 is 11.8 Å². The average molecular weight is 329 g/mol. The lowest BCUT2D eigenvalue weighted by Crippen LogP contribution is -2.37. The molecular weight excluding hydrogens is 306 g/mol. The molecule has 2 heterocycles. The van der Waals surface area contributed by atoms with Crippen LogP contribution in [-0.4, -0.2) is 61.6 Å². The molecule has 8 heteroatoms. The molecule has 2 aliphatic heterocycles. The van der Waals surface area contributed by atoms with Crippen molar-refractivity contribution in [3.63, 3.8) is 0 Å². The number of ketones is 1. The first-order chi connectivity index (χ1) is 10.6. The van der Waals surface area contributed by atoms with Gasteiger partial charge in [-0.2, -0.15) is 11.8 Å².